The highest BCUT2D eigenvalue weighted by Gasteiger charge is 2.21. The molecule has 1 aliphatic heterocycles. The summed E-state index contributed by atoms with van der Waals surface area (Å²) in [4.78, 5) is 2.93. The molecule has 0 saturated carbocycles. The van der Waals surface area contributed by atoms with Gasteiger partial charge in [-0.3, -0.25) is 0 Å². The molecular weight excluding hydrogens is 485 g/mol. The van der Waals surface area contributed by atoms with E-state index in [1.54, 1.807) is 31.3 Å². The summed E-state index contributed by atoms with van der Waals surface area (Å²) in [5.74, 6) is 0. The number of hydrogen-bond acceptors (Lipinski definition) is 3. The molecule has 0 amide bonds. The minimum absolute atomic E-state index is 0.543. The second-order valence-electron chi connectivity index (χ2n) is 7.61. The zero-order valence-corrected chi connectivity index (χ0v) is 20.7. The maximum Gasteiger partial charge on any atom is 0.137 e. The standard InChI is InChI=1S/C24H24Cl3N3OS/c1-28-32(31,22-9-5-19(25)6-10-22)29-13-2-14-30-23-11-7-20(26)15-17(23)3-4-18-16-21(27)8-12-24(18)30/h5-12,15-16H,2-4,13-14H2,1H3,(H,28,29,31). The van der Waals surface area contributed by atoms with E-state index in [0.717, 1.165) is 47.2 Å². The molecule has 3 aromatic carbocycles. The first-order valence-corrected chi connectivity index (χ1v) is 13.0. The summed E-state index contributed by atoms with van der Waals surface area (Å²) in [5, 5.41) is 2.08. The first-order chi connectivity index (χ1) is 15.4. The topological polar surface area (TPSA) is 44.7 Å². The Bertz CT molecular complexity index is 1180. The Balaban J connectivity index is 1.54. The Morgan fingerprint density at radius 1 is 0.875 bits per heavy atom. The van der Waals surface area contributed by atoms with E-state index in [2.05, 4.69) is 26.1 Å². The number of nitrogens with zero attached hydrogens (tertiary/aromatic N) is 2. The molecular formula is C24H24Cl3N3OS. The van der Waals surface area contributed by atoms with Crippen LogP contribution < -0.4 is 9.62 Å². The van der Waals surface area contributed by atoms with Crippen LogP contribution in [0.2, 0.25) is 15.1 Å². The summed E-state index contributed by atoms with van der Waals surface area (Å²) in [6.45, 7) is 1.29. The molecule has 4 rings (SSSR count). The molecule has 0 fully saturated rings. The Kier molecular flexibility index (Phi) is 7.33. The molecule has 0 spiro atoms. The fourth-order valence-electron chi connectivity index (χ4n) is 4.00. The van der Waals surface area contributed by atoms with Crippen molar-refractivity contribution in [2.45, 2.75) is 24.2 Å². The van der Waals surface area contributed by atoms with Gasteiger partial charge in [-0.05, 0) is 91.1 Å². The predicted octanol–water partition coefficient (Wildman–Crippen LogP) is 6.94. The van der Waals surface area contributed by atoms with Crippen molar-refractivity contribution >= 4 is 56.1 Å². The van der Waals surface area contributed by atoms with Crippen molar-refractivity contribution in [3.05, 3.63) is 86.9 Å². The van der Waals surface area contributed by atoms with Gasteiger partial charge < -0.3 is 4.90 Å². The Morgan fingerprint density at radius 2 is 1.41 bits per heavy atom. The average molecular weight is 509 g/mol. The lowest BCUT2D eigenvalue weighted by molar-refractivity contribution is 0.659. The van der Waals surface area contributed by atoms with E-state index in [9.17, 15) is 4.21 Å². The van der Waals surface area contributed by atoms with Crippen LogP contribution in [0, 0.1) is 0 Å². The molecule has 1 N–H and O–H groups in total. The van der Waals surface area contributed by atoms with Crippen LogP contribution in [0.15, 0.2) is 69.9 Å². The van der Waals surface area contributed by atoms with E-state index >= 15 is 0 Å². The van der Waals surface area contributed by atoms with Gasteiger partial charge in [0.15, 0.2) is 0 Å². The summed E-state index contributed by atoms with van der Waals surface area (Å²) < 4.78 is 20.6. The Labute approximate surface area is 204 Å². The van der Waals surface area contributed by atoms with Gasteiger partial charge in [0.1, 0.15) is 9.92 Å². The molecule has 1 heterocycles. The Hall–Kier alpha value is -1.76. The zero-order chi connectivity index (χ0) is 22.7. The third-order valence-electron chi connectivity index (χ3n) is 5.57. The van der Waals surface area contributed by atoms with Gasteiger partial charge in [-0.2, -0.15) is 0 Å². The fraction of sp³-hybridized carbons (Fsp3) is 0.250. The van der Waals surface area contributed by atoms with Crippen molar-refractivity contribution in [3.63, 3.8) is 0 Å². The largest absolute Gasteiger partial charge is 0.341 e. The third-order valence-corrected chi connectivity index (χ3v) is 8.32. The molecule has 4 nitrogen and oxygen atoms in total. The van der Waals surface area contributed by atoms with E-state index in [-0.39, 0.29) is 0 Å². The number of halogens is 3. The van der Waals surface area contributed by atoms with Gasteiger partial charge in [0.25, 0.3) is 0 Å². The van der Waals surface area contributed by atoms with Gasteiger partial charge >= 0.3 is 0 Å². The van der Waals surface area contributed by atoms with Crippen LogP contribution in [-0.2, 0) is 22.8 Å². The number of fused-ring (bicyclic) bond motifs is 2. The predicted molar refractivity (Wildman–Crippen MR) is 136 cm³/mol. The zero-order valence-electron chi connectivity index (χ0n) is 17.7. The van der Waals surface area contributed by atoms with Crippen LogP contribution in [-0.4, -0.2) is 24.3 Å². The summed E-state index contributed by atoms with van der Waals surface area (Å²) in [7, 11) is -1.13. The van der Waals surface area contributed by atoms with Crippen molar-refractivity contribution in [1.29, 1.82) is 0 Å². The maximum absolute atomic E-state index is 13.3. The van der Waals surface area contributed by atoms with Gasteiger partial charge in [0, 0.05) is 46.6 Å². The van der Waals surface area contributed by atoms with Crippen molar-refractivity contribution in [3.8, 4) is 0 Å². The number of nitrogens with one attached hydrogen (secondary N) is 1. The lowest BCUT2D eigenvalue weighted by Crippen LogP contribution is -2.28. The number of aryl methyl sites for hydroxylation is 2. The van der Waals surface area contributed by atoms with E-state index in [1.807, 2.05) is 24.3 Å². The average Bonchev–Trinajstić information content (AvgIpc) is 2.93. The number of anilines is 2. The lowest BCUT2D eigenvalue weighted by Gasteiger charge is -2.27. The summed E-state index contributed by atoms with van der Waals surface area (Å²) in [5.41, 5.74) is 4.72. The highest BCUT2D eigenvalue weighted by atomic mass is 35.5. The van der Waals surface area contributed by atoms with Crippen LogP contribution in [0.5, 0.6) is 0 Å². The summed E-state index contributed by atoms with van der Waals surface area (Å²) in [6.07, 6.45) is 2.57. The number of benzene rings is 3. The van der Waals surface area contributed by atoms with Gasteiger partial charge in [-0.25, -0.2) is 13.3 Å². The van der Waals surface area contributed by atoms with E-state index in [1.165, 1.54) is 11.1 Å². The SMILES string of the molecule is CN=S(=O)(NCCCN1c2ccc(Cl)cc2CCc2cc(Cl)ccc21)c1ccc(Cl)cc1. The molecule has 1 unspecified atom stereocenters. The summed E-state index contributed by atoms with van der Waals surface area (Å²) in [6, 6.07) is 19.0. The van der Waals surface area contributed by atoms with Crippen molar-refractivity contribution < 1.29 is 4.21 Å². The molecule has 8 heteroatoms. The highest BCUT2D eigenvalue weighted by molar-refractivity contribution is 7.91. The van der Waals surface area contributed by atoms with Crippen LogP contribution in [0.4, 0.5) is 11.4 Å². The van der Waals surface area contributed by atoms with Crippen LogP contribution in [0.1, 0.15) is 17.5 Å². The van der Waals surface area contributed by atoms with E-state index < -0.39 is 9.92 Å². The minimum atomic E-state index is -2.70. The molecule has 0 aliphatic carbocycles. The molecule has 0 radical (unpaired) electrons. The van der Waals surface area contributed by atoms with Crippen LogP contribution in [0.3, 0.4) is 0 Å². The van der Waals surface area contributed by atoms with Crippen LogP contribution in [0.25, 0.3) is 0 Å². The van der Waals surface area contributed by atoms with Crippen molar-refractivity contribution in [2.24, 2.45) is 4.36 Å². The second kappa shape index (κ2) is 10.0. The minimum Gasteiger partial charge on any atom is -0.341 e. The smallest absolute Gasteiger partial charge is 0.137 e. The first-order valence-electron chi connectivity index (χ1n) is 10.4. The first kappa shape index (κ1) is 23.4. The van der Waals surface area contributed by atoms with Crippen molar-refractivity contribution in [1.82, 2.24) is 4.72 Å². The van der Waals surface area contributed by atoms with E-state index in [4.69, 9.17) is 34.8 Å². The molecule has 0 saturated heterocycles. The highest BCUT2D eigenvalue weighted by Crippen LogP contribution is 2.38. The molecule has 32 heavy (non-hydrogen) atoms. The van der Waals surface area contributed by atoms with Gasteiger partial charge in [0.05, 0.1) is 4.90 Å². The second-order valence-corrected chi connectivity index (χ2v) is 11.1. The third kappa shape index (κ3) is 5.08. The number of rotatable bonds is 6. The molecule has 1 aliphatic rings. The maximum atomic E-state index is 13.3. The van der Waals surface area contributed by atoms with Gasteiger partial charge in [-0.1, -0.05) is 34.8 Å². The summed E-state index contributed by atoms with van der Waals surface area (Å²) >= 11 is 18.5. The fourth-order valence-corrected chi connectivity index (χ4v) is 5.94. The number of hydrogen-bond donors (Lipinski definition) is 1. The molecule has 168 valence electrons. The monoisotopic (exact) mass is 507 g/mol. The van der Waals surface area contributed by atoms with E-state index in [0.29, 0.717) is 16.5 Å². The molecule has 1 atom stereocenters. The van der Waals surface area contributed by atoms with Crippen LogP contribution >= 0.6 is 34.8 Å². The van der Waals surface area contributed by atoms with Gasteiger partial charge in [0.2, 0.25) is 0 Å². The molecule has 3 aromatic rings. The Morgan fingerprint density at radius 3 is 1.94 bits per heavy atom. The quantitative estimate of drug-likeness (QED) is 0.367. The normalized spacial score (nSPS) is 14.8. The van der Waals surface area contributed by atoms with Gasteiger partial charge in [-0.15, -0.1) is 0 Å². The molecule has 0 bridgehead atoms. The van der Waals surface area contributed by atoms with Crippen molar-refractivity contribution in [2.75, 3.05) is 25.0 Å². The lowest BCUT2D eigenvalue weighted by atomic mass is 10.0. The molecule has 0 aromatic heterocycles.